The lowest BCUT2D eigenvalue weighted by Gasteiger charge is -2.46. The van der Waals surface area contributed by atoms with Crippen LogP contribution in [0.1, 0.15) is 25.7 Å². The quantitative estimate of drug-likeness (QED) is 0.619. The van der Waals surface area contributed by atoms with Crippen molar-refractivity contribution in [3.63, 3.8) is 0 Å². The van der Waals surface area contributed by atoms with Crippen molar-refractivity contribution in [3.8, 4) is 0 Å². The Hall–Kier alpha value is -0.710. The first kappa shape index (κ1) is 10.4. The molecular formula is C8H13F2NO2. The lowest BCUT2D eigenvalue weighted by molar-refractivity contribution is -0.163. The van der Waals surface area contributed by atoms with E-state index in [1.54, 1.807) is 25.7 Å². The Labute approximate surface area is 74.9 Å². The van der Waals surface area contributed by atoms with E-state index >= 15 is 0 Å². The highest BCUT2D eigenvalue weighted by molar-refractivity contribution is 5.74. The second-order valence-electron chi connectivity index (χ2n) is 3.60. The Kier molecular flexibility index (Phi) is 2.85. The molecule has 0 aromatic carbocycles. The summed E-state index contributed by atoms with van der Waals surface area (Å²) in [4.78, 5) is 9.15. The van der Waals surface area contributed by atoms with E-state index in [4.69, 9.17) is 9.90 Å². The summed E-state index contributed by atoms with van der Waals surface area (Å²) < 4.78 is 22.0. The Morgan fingerprint density at radius 2 is 1.46 bits per heavy atom. The third-order valence-electron chi connectivity index (χ3n) is 2.77. The van der Waals surface area contributed by atoms with Gasteiger partial charge in [-0.1, -0.05) is 0 Å². The summed E-state index contributed by atoms with van der Waals surface area (Å²) in [6.07, 6.45) is 6.24. The predicted molar refractivity (Wildman–Crippen MR) is 42.2 cm³/mol. The van der Waals surface area contributed by atoms with Crippen LogP contribution in [0.15, 0.2) is 0 Å². The van der Waals surface area contributed by atoms with Gasteiger partial charge in [-0.15, -0.1) is 0 Å². The van der Waals surface area contributed by atoms with Crippen LogP contribution in [0, 0.1) is 11.8 Å². The fourth-order valence-electron chi connectivity index (χ4n) is 1.56. The summed E-state index contributed by atoms with van der Waals surface area (Å²) in [6, 6.07) is -4.08. The fourth-order valence-corrected chi connectivity index (χ4v) is 1.56. The van der Waals surface area contributed by atoms with Gasteiger partial charge in [-0.2, -0.15) is 8.78 Å². The molecule has 2 aliphatic rings. The number of carboxylic acids is 1. The molecule has 0 radical (unpaired) electrons. The minimum absolute atomic E-state index is 1.21. The largest absolute Gasteiger partial charge is 0.476 e. The Morgan fingerprint density at radius 1 is 1.23 bits per heavy atom. The van der Waals surface area contributed by atoms with E-state index in [0.29, 0.717) is 0 Å². The minimum Gasteiger partial charge on any atom is -0.476 e. The van der Waals surface area contributed by atoms with Crippen molar-refractivity contribution in [1.29, 1.82) is 0 Å². The van der Waals surface area contributed by atoms with Gasteiger partial charge in [0.2, 0.25) is 0 Å². The molecule has 3 nitrogen and oxygen atoms in total. The maximum Gasteiger partial charge on any atom is 0.397 e. The van der Waals surface area contributed by atoms with E-state index in [2.05, 4.69) is 5.73 Å². The van der Waals surface area contributed by atoms with Crippen molar-refractivity contribution < 1.29 is 18.7 Å². The molecule has 2 saturated carbocycles. The van der Waals surface area contributed by atoms with Crippen molar-refractivity contribution >= 4 is 5.97 Å². The zero-order valence-corrected chi connectivity index (χ0v) is 7.17. The summed E-state index contributed by atoms with van der Waals surface area (Å²) in [5.41, 5.74) is 3.75. The number of alkyl halides is 2. The van der Waals surface area contributed by atoms with Crippen LogP contribution in [0.25, 0.3) is 0 Å². The maximum absolute atomic E-state index is 11.0. The van der Waals surface area contributed by atoms with Crippen molar-refractivity contribution in [2.24, 2.45) is 17.6 Å². The lowest BCUT2D eigenvalue weighted by Crippen LogP contribution is -2.37. The van der Waals surface area contributed by atoms with E-state index in [-0.39, 0.29) is 0 Å². The van der Waals surface area contributed by atoms with Gasteiger partial charge >= 0.3 is 12.0 Å². The summed E-state index contributed by atoms with van der Waals surface area (Å²) in [7, 11) is 0. The highest BCUT2D eigenvalue weighted by Crippen LogP contribution is 2.49. The molecule has 0 aromatic rings. The summed E-state index contributed by atoms with van der Waals surface area (Å²) in [6.45, 7) is 0. The van der Waals surface area contributed by atoms with Gasteiger partial charge in [0.05, 0.1) is 0 Å². The van der Waals surface area contributed by atoms with Gasteiger partial charge in [0.1, 0.15) is 0 Å². The zero-order chi connectivity index (χ0) is 10.1. The molecule has 2 rings (SSSR count). The highest BCUT2D eigenvalue weighted by atomic mass is 19.3. The number of nitrogens with two attached hydrogens (primary N) is 1. The van der Waals surface area contributed by atoms with E-state index in [1.807, 2.05) is 0 Å². The normalized spacial score (nSPS) is 30.1. The molecule has 0 bridgehead atoms. The van der Waals surface area contributed by atoms with Gasteiger partial charge in [0.25, 0.3) is 0 Å². The van der Waals surface area contributed by atoms with Crippen LogP contribution in [0.3, 0.4) is 0 Å². The van der Waals surface area contributed by atoms with Gasteiger partial charge in [-0.3, -0.25) is 5.73 Å². The van der Waals surface area contributed by atoms with Crippen LogP contribution in [-0.2, 0) is 4.79 Å². The van der Waals surface area contributed by atoms with Crippen molar-refractivity contribution in [2.75, 3.05) is 0 Å². The number of carbonyl (C=O) groups is 1. The van der Waals surface area contributed by atoms with Gasteiger partial charge in [-0.05, 0) is 37.5 Å². The Balaban J connectivity index is 0.000000130. The summed E-state index contributed by atoms with van der Waals surface area (Å²) in [5, 5.41) is 7.38. The number of hydrogen-bond acceptors (Lipinski definition) is 2. The lowest BCUT2D eigenvalue weighted by atomic mass is 9.60. The van der Waals surface area contributed by atoms with E-state index < -0.39 is 12.0 Å². The molecule has 76 valence electrons. The molecule has 5 heteroatoms. The molecule has 0 spiro atoms. The molecule has 3 N–H and O–H groups in total. The van der Waals surface area contributed by atoms with E-state index in [1.165, 1.54) is 11.8 Å². The average molecular weight is 193 g/mol. The Bertz CT molecular complexity index is 185. The minimum atomic E-state index is -4.08. The SMILES string of the molecule is C1CC2CCC12.NC(F)(F)C(=O)O. The van der Waals surface area contributed by atoms with Gasteiger partial charge in [-0.25, -0.2) is 4.79 Å². The summed E-state index contributed by atoms with van der Waals surface area (Å²) >= 11 is 0. The average Bonchev–Trinajstić information content (AvgIpc) is 1.96. The van der Waals surface area contributed by atoms with Crippen LogP contribution in [0.2, 0.25) is 0 Å². The first-order chi connectivity index (χ1) is 5.91. The van der Waals surface area contributed by atoms with Crippen LogP contribution in [0.5, 0.6) is 0 Å². The number of carboxylic acid groups (broad SMARTS) is 1. The van der Waals surface area contributed by atoms with Crippen LogP contribution in [0.4, 0.5) is 8.78 Å². The molecule has 13 heavy (non-hydrogen) atoms. The number of rotatable bonds is 1. The third-order valence-corrected chi connectivity index (χ3v) is 2.77. The molecule has 0 aliphatic heterocycles. The van der Waals surface area contributed by atoms with Gasteiger partial charge < -0.3 is 5.11 Å². The van der Waals surface area contributed by atoms with Crippen molar-refractivity contribution in [1.82, 2.24) is 0 Å². The summed E-state index contributed by atoms with van der Waals surface area (Å²) in [5.74, 6) is 0.113. The number of fused-ring (bicyclic) bond motifs is 1. The highest BCUT2D eigenvalue weighted by Gasteiger charge is 2.37. The molecule has 2 aliphatic carbocycles. The zero-order valence-electron chi connectivity index (χ0n) is 7.17. The second-order valence-corrected chi connectivity index (χ2v) is 3.60. The number of halogens is 2. The van der Waals surface area contributed by atoms with Crippen molar-refractivity contribution in [2.45, 2.75) is 31.7 Å². The standard InChI is InChI=1S/C6H10.C2H3F2NO2/c1-2-6-4-3-5(1)6;3-2(4,5)1(6)7/h5-6H,1-4H2;5H2,(H,6,7). The first-order valence-corrected chi connectivity index (χ1v) is 4.31. The molecule has 0 saturated heterocycles. The molecule has 0 atom stereocenters. The first-order valence-electron chi connectivity index (χ1n) is 4.31. The van der Waals surface area contributed by atoms with E-state index in [9.17, 15) is 8.78 Å². The van der Waals surface area contributed by atoms with Crippen LogP contribution in [-0.4, -0.2) is 17.1 Å². The van der Waals surface area contributed by atoms with Crippen molar-refractivity contribution in [3.05, 3.63) is 0 Å². The monoisotopic (exact) mass is 193 g/mol. The third kappa shape index (κ3) is 2.62. The fraction of sp³-hybridized carbons (Fsp3) is 0.875. The van der Waals surface area contributed by atoms with Crippen LogP contribution >= 0.6 is 0 Å². The number of hydrogen-bond donors (Lipinski definition) is 2. The number of aliphatic carboxylic acids is 1. The molecule has 0 unspecified atom stereocenters. The predicted octanol–water partition coefficient (Wildman–Crippen LogP) is 1.43. The second kappa shape index (κ2) is 3.57. The maximum atomic E-state index is 11.0. The smallest absolute Gasteiger partial charge is 0.397 e. The Morgan fingerprint density at radius 3 is 1.46 bits per heavy atom. The topological polar surface area (TPSA) is 63.3 Å². The van der Waals surface area contributed by atoms with Crippen LogP contribution < -0.4 is 5.73 Å². The molecule has 0 heterocycles. The van der Waals surface area contributed by atoms with Gasteiger partial charge in [0, 0.05) is 0 Å². The molecular weight excluding hydrogens is 180 g/mol. The van der Waals surface area contributed by atoms with E-state index in [0.717, 1.165) is 0 Å². The molecule has 0 aromatic heterocycles. The molecule has 0 amide bonds. The molecule has 2 fully saturated rings. The van der Waals surface area contributed by atoms with Gasteiger partial charge in [0.15, 0.2) is 0 Å².